The second-order valence-corrected chi connectivity index (χ2v) is 5.64. The summed E-state index contributed by atoms with van der Waals surface area (Å²) in [5.41, 5.74) is 1.38. The Balaban J connectivity index is 2.22. The molecule has 0 amide bonds. The van der Waals surface area contributed by atoms with Gasteiger partial charge in [-0.2, -0.15) is 0 Å². The number of aromatic carboxylic acids is 1. The van der Waals surface area contributed by atoms with E-state index in [4.69, 9.17) is 11.6 Å². The fourth-order valence-corrected chi connectivity index (χ4v) is 2.66. The average Bonchev–Trinajstić information content (AvgIpc) is 2.59. The van der Waals surface area contributed by atoms with Gasteiger partial charge in [-0.05, 0) is 41.5 Å². The second-order valence-electron chi connectivity index (χ2n) is 5.20. The van der Waals surface area contributed by atoms with Crippen molar-refractivity contribution < 1.29 is 9.90 Å². The Labute approximate surface area is 142 Å². The quantitative estimate of drug-likeness (QED) is 0.791. The first-order valence-corrected chi connectivity index (χ1v) is 7.55. The maximum Gasteiger partial charge on any atom is 0.337 e. The molecule has 0 bridgehead atoms. The Morgan fingerprint density at radius 1 is 1.00 bits per heavy atom. The molecule has 24 heavy (non-hydrogen) atoms. The molecular formula is C18H13ClN2O3. The third-order valence-electron chi connectivity index (χ3n) is 3.67. The summed E-state index contributed by atoms with van der Waals surface area (Å²) in [5.74, 6) is -1.09. The number of hydrogen-bond donors (Lipinski definition) is 1. The highest BCUT2D eigenvalue weighted by Crippen LogP contribution is 2.26. The van der Waals surface area contributed by atoms with Gasteiger partial charge in [0, 0.05) is 29.7 Å². The fourth-order valence-electron chi connectivity index (χ4n) is 2.54. The number of rotatable bonds is 4. The SMILES string of the molecule is O=C(O)c1ccc(=O)n(C(c2ccncc2)c2ccc(Cl)cc2)c1. The molecule has 0 aliphatic rings. The van der Waals surface area contributed by atoms with E-state index in [1.807, 2.05) is 12.1 Å². The highest BCUT2D eigenvalue weighted by atomic mass is 35.5. The maximum atomic E-state index is 12.4. The van der Waals surface area contributed by atoms with Crippen molar-refractivity contribution in [3.05, 3.63) is 99.2 Å². The molecule has 0 fully saturated rings. The molecule has 0 aliphatic heterocycles. The van der Waals surface area contributed by atoms with Crippen molar-refractivity contribution in [1.29, 1.82) is 0 Å². The zero-order valence-corrected chi connectivity index (χ0v) is 13.2. The molecule has 3 rings (SSSR count). The predicted octanol–water partition coefficient (Wildman–Crippen LogP) is 3.23. The maximum absolute atomic E-state index is 12.4. The Morgan fingerprint density at radius 3 is 2.25 bits per heavy atom. The van der Waals surface area contributed by atoms with Crippen LogP contribution < -0.4 is 5.56 Å². The number of carboxylic acid groups (broad SMARTS) is 1. The number of pyridine rings is 2. The smallest absolute Gasteiger partial charge is 0.337 e. The summed E-state index contributed by atoms with van der Waals surface area (Å²) in [5, 5.41) is 9.80. The van der Waals surface area contributed by atoms with Crippen molar-refractivity contribution in [1.82, 2.24) is 9.55 Å². The van der Waals surface area contributed by atoms with E-state index < -0.39 is 12.0 Å². The van der Waals surface area contributed by atoms with E-state index in [-0.39, 0.29) is 11.1 Å². The van der Waals surface area contributed by atoms with E-state index in [1.165, 1.54) is 22.9 Å². The lowest BCUT2D eigenvalue weighted by atomic mass is 9.99. The first kappa shape index (κ1) is 16.0. The van der Waals surface area contributed by atoms with E-state index in [0.29, 0.717) is 5.02 Å². The summed E-state index contributed by atoms with van der Waals surface area (Å²) in [7, 11) is 0. The van der Waals surface area contributed by atoms with E-state index in [9.17, 15) is 14.7 Å². The minimum absolute atomic E-state index is 0.0441. The Bertz CT molecular complexity index is 921. The van der Waals surface area contributed by atoms with Crippen LogP contribution in [0, 0.1) is 0 Å². The summed E-state index contributed by atoms with van der Waals surface area (Å²) in [6.45, 7) is 0. The van der Waals surface area contributed by atoms with Crippen LogP contribution in [-0.4, -0.2) is 20.6 Å². The van der Waals surface area contributed by atoms with Gasteiger partial charge >= 0.3 is 5.97 Å². The van der Waals surface area contributed by atoms with Gasteiger partial charge in [-0.1, -0.05) is 23.7 Å². The molecule has 1 N–H and O–H groups in total. The zero-order chi connectivity index (χ0) is 17.1. The molecule has 6 heteroatoms. The van der Waals surface area contributed by atoms with E-state index >= 15 is 0 Å². The summed E-state index contributed by atoms with van der Waals surface area (Å²) < 4.78 is 1.40. The molecule has 0 saturated carbocycles. The summed E-state index contributed by atoms with van der Waals surface area (Å²) in [6, 6.07) is 12.8. The molecule has 5 nitrogen and oxygen atoms in total. The molecule has 120 valence electrons. The predicted molar refractivity (Wildman–Crippen MR) is 90.6 cm³/mol. The van der Waals surface area contributed by atoms with Crippen LogP contribution in [0.3, 0.4) is 0 Å². The molecule has 3 aromatic rings. The van der Waals surface area contributed by atoms with Gasteiger partial charge in [0.05, 0.1) is 11.6 Å². The highest BCUT2D eigenvalue weighted by Gasteiger charge is 2.19. The number of nitrogens with zero attached hydrogens (tertiary/aromatic N) is 2. The summed E-state index contributed by atoms with van der Waals surface area (Å²) in [4.78, 5) is 27.6. The first-order valence-electron chi connectivity index (χ1n) is 7.17. The molecule has 1 aromatic carbocycles. The summed E-state index contributed by atoms with van der Waals surface area (Å²) >= 11 is 5.95. The van der Waals surface area contributed by atoms with E-state index in [2.05, 4.69) is 4.98 Å². The molecule has 2 aromatic heterocycles. The third-order valence-corrected chi connectivity index (χ3v) is 3.92. The van der Waals surface area contributed by atoms with Crippen molar-refractivity contribution in [2.75, 3.05) is 0 Å². The van der Waals surface area contributed by atoms with Crippen LogP contribution in [0.5, 0.6) is 0 Å². The second kappa shape index (κ2) is 6.68. The van der Waals surface area contributed by atoms with Gasteiger partial charge in [-0.25, -0.2) is 4.79 Å². The highest BCUT2D eigenvalue weighted by molar-refractivity contribution is 6.30. The number of aromatic nitrogens is 2. The molecule has 1 atom stereocenters. The van der Waals surface area contributed by atoms with Gasteiger partial charge < -0.3 is 9.67 Å². The molecule has 0 aliphatic carbocycles. The van der Waals surface area contributed by atoms with E-state index in [1.54, 1.807) is 36.7 Å². The van der Waals surface area contributed by atoms with Gasteiger partial charge in [0.25, 0.3) is 5.56 Å². The van der Waals surface area contributed by atoms with Crippen molar-refractivity contribution in [3.8, 4) is 0 Å². The fraction of sp³-hybridized carbons (Fsp3) is 0.0556. The number of carbonyl (C=O) groups is 1. The summed E-state index contributed by atoms with van der Waals surface area (Å²) in [6.07, 6.45) is 4.61. The van der Waals surface area contributed by atoms with Gasteiger partial charge in [0.2, 0.25) is 0 Å². The van der Waals surface area contributed by atoms with Gasteiger partial charge in [-0.3, -0.25) is 9.78 Å². The lowest BCUT2D eigenvalue weighted by molar-refractivity contribution is 0.0695. The van der Waals surface area contributed by atoms with E-state index in [0.717, 1.165) is 11.1 Å². The number of halogens is 1. The van der Waals surface area contributed by atoms with Crippen LogP contribution in [0.2, 0.25) is 5.02 Å². The van der Waals surface area contributed by atoms with Crippen molar-refractivity contribution >= 4 is 17.6 Å². The monoisotopic (exact) mass is 340 g/mol. The van der Waals surface area contributed by atoms with Crippen LogP contribution >= 0.6 is 11.6 Å². The number of hydrogen-bond acceptors (Lipinski definition) is 3. The van der Waals surface area contributed by atoms with Crippen LogP contribution in [-0.2, 0) is 0 Å². The largest absolute Gasteiger partial charge is 0.478 e. The van der Waals surface area contributed by atoms with Crippen LogP contribution in [0.15, 0.2) is 71.9 Å². The average molecular weight is 341 g/mol. The molecule has 0 spiro atoms. The van der Waals surface area contributed by atoms with Gasteiger partial charge in [0.15, 0.2) is 0 Å². The lowest BCUT2D eigenvalue weighted by Gasteiger charge is -2.21. The van der Waals surface area contributed by atoms with Crippen LogP contribution in [0.25, 0.3) is 0 Å². The third kappa shape index (κ3) is 3.21. The van der Waals surface area contributed by atoms with Crippen LogP contribution in [0.1, 0.15) is 27.5 Å². The molecule has 0 saturated heterocycles. The minimum Gasteiger partial charge on any atom is -0.478 e. The van der Waals surface area contributed by atoms with Crippen molar-refractivity contribution in [3.63, 3.8) is 0 Å². The molecule has 1 unspecified atom stereocenters. The zero-order valence-electron chi connectivity index (χ0n) is 12.5. The topological polar surface area (TPSA) is 72.2 Å². The number of carboxylic acids is 1. The Hall–Kier alpha value is -2.92. The standard InChI is InChI=1S/C18H13ClN2O3/c19-15-4-1-12(2-5-15)17(13-7-9-20-10-8-13)21-11-14(18(23)24)3-6-16(21)22/h1-11,17H,(H,23,24). The normalized spacial score (nSPS) is 11.9. The lowest BCUT2D eigenvalue weighted by Crippen LogP contribution is -2.26. The molecule has 0 radical (unpaired) electrons. The van der Waals surface area contributed by atoms with Gasteiger partial charge in [0.1, 0.15) is 0 Å². The first-order chi connectivity index (χ1) is 11.6. The van der Waals surface area contributed by atoms with Crippen LogP contribution in [0.4, 0.5) is 0 Å². The number of benzene rings is 1. The minimum atomic E-state index is -1.09. The Morgan fingerprint density at radius 2 is 1.62 bits per heavy atom. The van der Waals surface area contributed by atoms with Crippen molar-refractivity contribution in [2.45, 2.75) is 6.04 Å². The van der Waals surface area contributed by atoms with Gasteiger partial charge in [-0.15, -0.1) is 0 Å². The molecule has 2 heterocycles. The van der Waals surface area contributed by atoms with Crippen molar-refractivity contribution in [2.24, 2.45) is 0 Å². The Kier molecular flexibility index (Phi) is 4.44. The molecular weight excluding hydrogens is 328 g/mol.